The molecule has 0 bridgehead atoms. The number of hydrogen-bond donors (Lipinski definition) is 2. The maximum atomic E-state index is 13.1. The normalized spacial score (nSPS) is 17.9. The first kappa shape index (κ1) is 22.7. The molecule has 1 saturated heterocycles. The topological polar surface area (TPSA) is 91.4 Å². The number of piperidine rings is 1. The van der Waals surface area contributed by atoms with Gasteiger partial charge in [0.25, 0.3) is 5.91 Å². The second-order valence-corrected chi connectivity index (χ2v) is 11.1. The van der Waals surface area contributed by atoms with Crippen molar-refractivity contribution < 1.29 is 17.6 Å². The SMILES string of the molecule is CC(C)(CF)NS(=O)(=O)c1cccc(NC(=O)c2cccnc2N2CCC3(CC2)CC3)c1. The maximum absolute atomic E-state index is 13.1. The molecule has 1 aromatic heterocycles. The summed E-state index contributed by atoms with van der Waals surface area (Å²) in [4.78, 5) is 19.6. The van der Waals surface area contributed by atoms with Crippen LogP contribution in [0.3, 0.4) is 0 Å². The van der Waals surface area contributed by atoms with Crippen molar-refractivity contribution in [2.45, 2.75) is 50.0 Å². The van der Waals surface area contributed by atoms with Crippen molar-refractivity contribution in [3.8, 4) is 0 Å². The molecule has 0 unspecified atom stereocenters. The summed E-state index contributed by atoms with van der Waals surface area (Å²) in [6.45, 7) is 3.84. The van der Waals surface area contributed by atoms with Crippen LogP contribution >= 0.6 is 0 Å². The highest BCUT2D eigenvalue weighted by Crippen LogP contribution is 2.53. The van der Waals surface area contributed by atoms with Crippen molar-refractivity contribution in [1.29, 1.82) is 0 Å². The summed E-state index contributed by atoms with van der Waals surface area (Å²) in [5, 5.41) is 2.78. The van der Waals surface area contributed by atoms with Gasteiger partial charge in [-0.25, -0.2) is 22.5 Å². The third-order valence-corrected chi connectivity index (χ3v) is 7.95. The minimum atomic E-state index is -3.95. The highest BCUT2D eigenvalue weighted by molar-refractivity contribution is 7.89. The minimum absolute atomic E-state index is 0.0472. The number of halogens is 1. The van der Waals surface area contributed by atoms with E-state index >= 15 is 0 Å². The summed E-state index contributed by atoms with van der Waals surface area (Å²) >= 11 is 0. The van der Waals surface area contributed by atoms with Crippen LogP contribution in [0.5, 0.6) is 0 Å². The predicted molar refractivity (Wildman–Crippen MR) is 122 cm³/mol. The lowest BCUT2D eigenvalue weighted by Crippen LogP contribution is -2.45. The fourth-order valence-corrected chi connectivity index (χ4v) is 5.52. The third-order valence-electron chi connectivity index (χ3n) is 6.26. The zero-order valence-corrected chi connectivity index (χ0v) is 19.2. The van der Waals surface area contributed by atoms with E-state index in [4.69, 9.17) is 0 Å². The summed E-state index contributed by atoms with van der Waals surface area (Å²) in [5.41, 5.74) is 0.0751. The molecular weight excluding hydrogens is 431 g/mol. The molecule has 4 rings (SSSR count). The van der Waals surface area contributed by atoms with E-state index in [1.54, 1.807) is 24.4 Å². The molecule has 1 spiro atoms. The molecule has 7 nitrogen and oxygen atoms in total. The van der Waals surface area contributed by atoms with Crippen molar-refractivity contribution in [2.24, 2.45) is 5.41 Å². The molecule has 2 aromatic rings. The minimum Gasteiger partial charge on any atom is -0.356 e. The van der Waals surface area contributed by atoms with E-state index in [1.165, 1.54) is 44.9 Å². The first-order valence-electron chi connectivity index (χ1n) is 10.8. The molecule has 1 saturated carbocycles. The summed E-state index contributed by atoms with van der Waals surface area (Å²) in [6, 6.07) is 9.37. The standard InChI is InChI=1S/C23H29FN4O3S/c1-22(2,16-24)27-32(30,31)18-6-3-5-17(15-18)26-21(29)19-7-4-12-25-20(19)28-13-10-23(8-9-23)11-14-28/h3-7,12,15,27H,8-11,13-14,16H2,1-2H3,(H,26,29). The number of carbonyl (C=O) groups excluding carboxylic acids is 1. The van der Waals surface area contributed by atoms with Crippen molar-refractivity contribution in [2.75, 3.05) is 30.0 Å². The van der Waals surface area contributed by atoms with E-state index in [0.29, 0.717) is 22.5 Å². The molecular formula is C23H29FN4O3S. The molecule has 2 heterocycles. The van der Waals surface area contributed by atoms with Gasteiger partial charge in [0.15, 0.2) is 0 Å². The number of amides is 1. The van der Waals surface area contributed by atoms with Gasteiger partial charge >= 0.3 is 0 Å². The molecule has 172 valence electrons. The Morgan fingerprint density at radius 2 is 1.88 bits per heavy atom. The van der Waals surface area contributed by atoms with Crippen molar-refractivity contribution >= 4 is 27.4 Å². The number of rotatable bonds is 7. The Bertz CT molecular complexity index is 1110. The van der Waals surface area contributed by atoms with Crippen LogP contribution in [0.2, 0.25) is 0 Å². The van der Waals surface area contributed by atoms with Crippen LogP contribution in [0.4, 0.5) is 15.9 Å². The molecule has 1 aliphatic heterocycles. The largest absolute Gasteiger partial charge is 0.356 e. The molecule has 1 amide bonds. The predicted octanol–water partition coefficient (Wildman–Crippen LogP) is 3.74. The molecule has 1 aliphatic carbocycles. The van der Waals surface area contributed by atoms with Gasteiger partial charge in [-0.1, -0.05) is 6.07 Å². The number of alkyl halides is 1. The number of pyridine rings is 1. The van der Waals surface area contributed by atoms with E-state index in [9.17, 15) is 17.6 Å². The van der Waals surface area contributed by atoms with E-state index < -0.39 is 22.2 Å². The lowest BCUT2D eigenvalue weighted by molar-refractivity contribution is 0.102. The first-order chi connectivity index (χ1) is 15.1. The number of hydrogen-bond acceptors (Lipinski definition) is 5. The molecule has 32 heavy (non-hydrogen) atoms. The van der Waals surface area contributed by atoms with E-state index in [-0.39, 0.29) is 10.8 Å². The highest BCUT2D eigenvalue weighted by atomic mass is 32.2. The molecule has 9 heteroatoms. The van der Waals surface area contributed by atoms with Gasteiger partial charge < -0.3 is 10.2 Å². The number of anilines is 2. The van der Waals surface area contributed by atoms with Crippen molar-refractivity contribution in [3.63, 3.8) is 0 Å². The Morgan fingerprint density at radius 1 is 1.16 bits per heavy atom. The number of carbonyl (C=O) groups is 1. The van der Waals surface area contributed by atoms with Gasteiger partial charge in [0.05, 0.1) is 16.0 Å². The number of nitrogens with zero attached hydrogens (tertiary/aromatic N) is 2. The van der Waals surface area contributed by atoms with E-state index in [0.717, 1.165) is 25.9 Å². The zero-order chi connectivity index (χ0) is 23.0. The lowest BCUT2D eigenvalue weighted by Gasteiger charge is -2.33. The quantitative estimate of drug-likeness (QED) is 0.657. The molecule has 2 fully saturated rings. The summed E-state index contributed by atoms with van der Waals surface area (Å²) in [6.07, 6.45) is 6.51. The molecule has 1 aromatic carbocycles. The fourth-order valence-electron chi connectivity index (χ4n) is 4.09. The van der Waals surface area contributed by atoms with Crippen LogP contribution in [0.1, 0.15) is 49.9 Å². The number of aromatic nitrogens is 1. The molecule has 0 radical (unpaired) electrons. The average molecular weight is 461 g/mol. The Hall–Kier alpha value is -2.52. The van der Waals surface area contributed by atoms with Gasteiger partial charge in [0.1, 0.15) is 12.5 Å². The number of sulfonamides is 1. The van der Waals surface area contributed by atoms with Crippen molar-refractivity contribution in [1.82, 2.24) is 9.71 Å². The lowest BCUT2D eigenvalue weighted by atomic mass is 9.93. The Kier molecular flexibility index (Phi) is 5.98. The van der Waals surface area contributed by atoms with Crippen LogP contribution in [-0.2, 0) is 10.0 Å². The average Bonchev–Trinajstić information content (AvgIpc) is 3.52. The van der Waals surface area contributed by atoms with E-state index in [1.807, 2.05) is 0 Å². The Morgan fingerprint density at radius 3 is 2.53 bits per heavy atom. The monoisotopic (exact) mass is 460 g/mol. The first-order valence-corrected chi connectivity index (χ1v) is 12.3. The van der Waals surface area contributed by atoms with Crippen LogP contribution in [0, 0.1) is 5.41 Å². The highest BCUT2D eigenvalue weighted by Gasteiger charge is 2.44. The fraction of sp³-hybridized carbons (Fsp3) is 0.478. The summed E-state index contributed by atoms with van der Waals surface area (Å²) in [5.74, 6) is 0.294. The summed E-state index contributed by atoms with van der Waals surface area (Å²) < 4.78 is 40.7. The van der Waals surface area contributed by atoms with Gasteiger partial charge in [-0.05, 0) is 75.3 Å². The van der Waals surface area contributed by atoms with Gasteiger partial charge in [-0.2, -0.15) is 0 Å². The molecule has 0 atom stereocenters. The van der Waals surface area contributed by atoms with Crippen LogP contribution in [0.15, 0.2) is 47.5 Å². The Labute approximate surface area is 188 Å². The molecule has 2 aliphatic rings. The Balaban J connectivity index is 1.51. The third kappa shape index (κ3) is 4.94. The second kappa shape index (κ2) is 8.44. The molecule has 2 N–H and O–H groups in total. The van der Waals surface area contributed by atoms with Gasteiger partial charge in [0.2, 0.25) is 10.0 Å². The summed E-state index contributed by atoms with van der Waals surface area (Å²) in [7, 11) is -3.95. The maximum Gasteiger partial charge on any atom is 0.259 e. The zero-order valence-electron chi connectivity index (χ0n) is 18.4. The second-order valence-electron chi connectivity index (χ2n) is 9.47. The van der Waals surface area contributed by atoms with Gasteiger partial charge in [0, 0.05) is 25.0 Å². The van der Waals surface area contributed by atoms with Crippen LogP contribution in [-0.4, -0.2) is 44.6 Å². The van der Waals surface area contributed by atoms with Crippen LogP contribution < -0.4 is 14.9 Å². The van der Waals surface area contributed by atoms with Gasteiger partial charge in [-0.15, -0.1) is 0 Å². The van der Waals surface area contributed by atoms with Crippen LogP contribution in [0.25, 0.3) is 0 Å². The van der Waals surface area contributed by atoms with Crippen molar-refractivity contribution in [3.05, 3.63) is 48.2 Å². The van der Waals surface area contributed by atoms with E-state index in [2.05, 4.69) is 19.9 Å². The smallest absolute Gasteiger partial charge is 0.259 e. The number of nitrogens with one attached hydrogen (secondary N) is 2. The number of benzene rings is 1. The van der Waals surface area contributed by atoms with Gasteiger partial charge in [-0.3, -0.25) is 4.79 Å².